The molecule has 1 unspecified atom stereocenters. The third-order valence-electron chi connectivity index (χ3n) is 4.08. The Hall–Kier alpha value is -2.66. The van der Waals surface area contributed by atoms with Gasteiger partial charge in [0, 0.05) is 23.4 Å². The Morgan fingerprint density at radius 1 is 1.03 bits per heavy atom. The van der Waals surface area contributed by atoms with Crippen molar-refractivity contribution in [3.8, 4) is 0 Å². The lowest BCUT2D eigenvalue weighted by atomic mass is 10.1. The number of aliphatic hydroxyl groups is 1. The summed E-state index contributed by atoms with van der Waals surface area (Å²) in [4.78, 5) is 27.7. The summed E-state index contributed by atoms with van der Waals surface area (Å²) in [5, 5.41) is 30.0. The van der Waals surface area contributed by atoms with Gasteiger partial charge in [0.1, 0.15) is 24.8 Å². The molecule has 1 N–H and O–H groups in total. The Kier molecular flexibility index (Phi) is 7.50. The maximum atomic E-state index is 10.3. The third kappa shape index (κ3) is 5.95. The van der Waals surface area contributed by atoms with Crippen LogP contribution in [0.3, 0.4) is 0 Å². The van der Waals surface area contributed by atoms with Gasteiger partial charge in [0.25, 0.3) is 0 Å². The lowest BCUT2D eigenvalue weighted by molar-refractivity contribution is -0.491. The van der Waals surface area contributed by atoms with Crippen LogP contribution in [0.2, 0.25) is 0 Å². The number of rotatable bonds is 5. The monoisotopic (exact) mass is 648 g/mol. The molecule has 4 aromatic rings. The van der Waals surface area contributed by atoms with E-state index in [1.165, 1.54) is 6.08 Å². The van der Waals surface area contributed by atoms with Gasteiger partial charge in [0.2, 0.25) is 12.7 Å². The van der Waals surface area contributed by atoms with Crippen LogP contribution in [-0.4, -0.2) is 40.3 Å². The van der Waals surface area contributed by atoms with Crippen molar-refractivity contribution in [3.05, 3.63) is 94.0 Å². The van der Waals surface area contributed by atoms with E-state index in [1.807, 2.05) is 15.0 Å². The summed E-state index contributed by atoms with van der Waals surface area (Å²) >= 11 is 4.30. The molecule has 4 rings (SSSR count). The first-order valence-corrected chi connectivity index (χ1v) is 10.8. The van der Waals surface area contributed by atoms with Crippen LogP contribution >= 0.6 is 45.2 Å². The van der Waals surface area contributed by atoms with Gasteiger partial charge in [0.05, 0.1) is 17.3 Å². The molecule has 11 nitrogen and oxygen atoms in total. The Labute approximate surface area is 202 Å². The summed E-state index contributed by atoms with van der Waals surface area (Å²) in [5.41, 5.74) is 2.72. The van der Waals surface area contributed by atoms with Gasteiger partial charge in [-0.05, 0) is 80.6 Å². The minimum atomic E-state index is -1.09. The highest BCUT2D eigenvalue weighted by atomic mass is 127. The molecular formula is C18H14I2N6O5. The molecule has 0 aliphatic carbocycles. The van der Waals surface area contributed by atoms with Gasteiger partial charge in [-0.15, -0.1) is 0 Å². The molecule has 0 radical (unpaired) electrons. The number of imidazole rings is 2. The lowest BCUT2D eigenvalue weighted by Crippen LogP contribution is -2.12. The summed E-state index contributed by atoms with van der Waals surface area (Å²) in [6, 6.07) is 6.90. The summed E-state index contributed by atoms with van der Waals surface area (Å²) < 4.78 is 5.70. The average Bonchev–Trinajstić information content (AvgIpc) is 3.28. The predicted octanol–water partition coefficient (Wildman–Crippen LogP) is 3.44. The van der Waals surface area contributed by atoms with Gasteiger partial charge in [-0.2, -0.15) is 0 Å². The number of fused-ring (bicyclic) bond motifs is 2. The molecule has 4 heterocycles. The molecule has 0 saturated carbocycles. The highest BCUT2D eigenvalue weighted by Crippen LogP contribution is 2.17. The second-order valence-electron chi connectivity index (χ2n) is 6.17. The van der Waals surface area contributed by atoms with Crippen LogP contribution in [0.15, 0.2) is 55.3 Å². The van der Waals surface area contributed by atoms with E-state index >= 15 is 0 Å². The van der Waals surface area contributed by atoms with E-state index in [0.29, 0.717) is 11.2 Å². The number of halogens is 2. The summed E-state index contributed by atoms with van der Waals surface area (Å²) in [7, 11) is 0. The van der Waals surface area contributed by atoms with Gasteiger partial charge >= 0.3 is 0 Å². The van der Waals surface area contributed by atoms with Gasteiger partial charge in [0.15, 0.2) is 0 Å². The Morgan fingerprint density at radius 3 is 2.19 bits per heavy atom. The van der Waals surface area contributed by atoms with E-state index in [4.69, 9.17) is 0 Å². The van der Waals surface area contributed by atoms with Crippen molar-refractivity contribution < 1.29 is 15.0 Å². The first kappa shape index (κ1) is 23.0. The zero-order valence-electron chi connectivity index (χ0n) is 15.6. The van der Waals surface area contributed by atoms with Gasteiger partial charge in [-0.1, -0.05) is 0 Å². The first-order chi connectivity index (χ1) is 14.7. The minimum absolute atomic E-state index is 0.487. The van der Waals surface area contributed by atoms with E-state index in [1.54, 1.807) is 42.9 Å². The molecule has 4 aromatic heterocycles. The summed E-state index contributed by atoms with van der Waals surface area (Å²) in [6.45, 7) is -0.492. The molecule has 0 aromatic carbocycles. The zero-order chi connectivity index (χ0) is 22.5. The normalized spacial score (nSPS) is 12.1. The van der Waals surface area contributed by atoms with Crippen LogP contribution in [0.5, 0.6) is 0 Å². The molecule has 160 valence electrons. The standard InChI is InChI=1S/C9H8IN3O3.C9H6IN3O2/c10-8-4-11-9-3-6(1-2-12(8)9)7(14)5-13(15)16;10-8-6-11-9-5-7(1-3-12(8)9)2-4-13(14)15/h1-4,7,14H,5H2;1-6H/b;4-2+. The SMILES string of the molecule is O=[N+]([O-])/C=C/c1ccn2c(I)cnc2c1.O=[N+]([O-])CC(O)c1ccn2c(I)cnc2c1. The van der Waals surface area contributed by atoms with Gasteiger partial charge in [-0.3, -0.25) is 29.0 Å². The smallest absolute Gasteiger partial charge is 0.235 e. The number of aromatic nitrogens is 4. The second-order valence-corrected chi connectivity index (χ2v) is 8.38. The second kappa shape index (κ2) is 10.1. The summed E-state index contributed by atoms with van der Waals surface area (Å²) in [5.74, 6) is 0. The third-order valence-corrected chi connectivity index (χ3v) is 5.68. The average molecular weight is 648 g/mol. The Morgan fingerprint density at radius 2 is 1.61 bits per heavy atom. The largest absolute Gasteiger partial charge is 0.382 e. The molecule has 0 saturated heterocycles. The van der Waals surface area contributed by atoms with Crippen LogP contribution in [-0.2, 0) is 0 Å². The molecular weight excluding hydrogens is 634 g/mol. The highest BCUT2D eigenvalue weighted by Gasteiger charge is 2.15. The van der Waals surface area contributed by atoms with Crippen molar-refractivity contribution in [2.45, 2.75) is 6.10 Å². The number of pyridine rings is 2. The lowest BCUT2D eigenvalue weighted by Gasteiger charge is -2.06. The van der Waals surface area contributed by atoms with Crippen molar-refractivity contribution in [1.29, 1.82) is 0 Å². The van der Waals surface area contributed by atoms with Crippen LogP contribution in [0, 0.1) is 27.6 Å². The minimum Gasteiger partial charge on any atom is -0.382 e. The zero-order valence-corrected chi connectivity index (χ0v) is 19.9. The van der Waals surface area contributed by atoms with Crippen LogP contribution in [0.25, 0.3) is 17.4 Å². The molecule has 0 aliphatic rings. The molecule has 31 heavy (non-hydrogen) atoms. The van der Waals surface area contributed by atoms with Crippen LogP contribution in [0.4, 0.5) is 0 Å². The molecule has 13 heteroatoms. The first-order valence-electron chi connectivity index (χ1n) is 8.61. The Balaban J connectivity index is 0.000000176. The highest BCUT2D eigenvalue weighted by molar-refractivity contribution is 14.1. The Bertz CT molecular complexity index is 1290. The van der Waals surface area contributed by atoms with E-state index < -0.39 is 22.5 Å². The van der Waals surface area contributed by atoms with E-state index in [2.05, 4.69) is 55.1 Å². The van der Waals surface area contributed by atoms with E-state index in [-0.39, 0.29) is 0 Å². The molecule has 0 bridgehead atoms. The maximum Gasteiger partial charge on any atom is 0.235 e. The van der Waals surface area contributed by atoms with E-state index in [0.717, 1.165) is 24.8 Å². The predicted molar refractivity (Wildman–Crippen MR) is 129 cm³/mol. The number of hydrogen-bond acceptors (Lipinski definition) is 7. The quantitative estimate of drug-likeness (QED) is 0.199. The van der Waals surface area contributed by atoms with E-state index in [9.17, 15) is 25.3 Å². The van der Waals surface area contributed by atoms with Gasteiger partial charge < -0.3 is 5.11 Å². The fraction of sp³-hybridized carbons (Fsp3) is 0.111. The number of hydrogen-bond donors (Lipinski definition) is 1. The topological polar surface area (TPSA) is 141 Å². The van der Waals surface area contributed by atoms with Crippen molar-refractivity contribution >= 4 is 62.6 Å². The molecule has 0 amide bonds. The van der Waals surface area contributed by atoms with Gasteiger partial charge in [-0.25, -0.2) is 9.97 Å². The fourth-order valence-electron chi connectivity index (χ4n) is 2.64. The van der Waals surface area contributed by atoms with Crippen LogP contribution < -0.4 is 0 Å². The van der Waals surface area contributed by atoms with Crippen molar-refractivity contribution in [2.75, 3.05) is 6.54 Å². The molecule has 1 atom stereocenters. The maximum absolute atomic E-state index is 10.3. The van der Waals surface area contributed by atoms with Crippen molar-refractivity contribution in [2.24, 2.45) is 0 Å². The van der Waals surface area contributed by atoms with Crippen molar-refractivity contribution in [3.63, 3.8) is 0 Å². The summed E-state index contributed by atoms with van der Waals surface area (Å²) in [6.07, 6.45) is 8.29. The van der Waals surface area contributed by atoms with Crippen LogP contribution in [0.1, 0.15) is 17.2 Å². The number of nitrogens with zero attached hydrogens (tertiary/aromatic N) is 6. The number of nitro groups is 2. The molecule has 0 fully saturated rings. The van der Waals surface area contributed by atoms with Crippen molar-refractivity contribution in [1.82, 2.24) is 18.8 Å². The molecule has 0 aliphatic heterocycles. The molecule has 0 spiro atoms. The fourth-order valence-corrected chi connectivity index (χ4v) is 3.73. The number of aliphatic hydroxyl groups excluding tert-OH is 1.